The summed E-state index contributed by atoms with van der Waals surface area (Å²) in [6.45, 7) is 7.50. The molecule has 0 radical (unpaired) electrons. The third-order valence-electron chi connectivity index (χ3n) is 10.0. The molecule has 0 heterocycles. The molecule has 0 aromatic rings. The fourth-order valence-corrected chi connectivity index (χ4v) is 8.48. The van der Waals surface area contributed by atoms with Gasteiger partial charge in [-0.3, -0.25) is 9.59 Å². The summed E-state index contributed by atoms with van der Waals surface area (Å²) < 4.78 is 0. The molecule has 0 aromatic carbocycles. The topological polar surface area (TPSA) is 54.4 Å². The average Bonchev–Trinajstić information content (AvgIpc) is 3.03. The number of fused-ring (bicyclic) bond motifs is 5. The van der Waals surface area contributed by atoms with Gasteiger partial charge in [-0.2, -0.15) is 0 Å². The quantitative estimate of drug-likeness (QED) is 0.472. The van der Waals surface area contributed by atoms with Crippen molar-refractivity contribution in [1.82, 2.24) is 0 Å². The van der Waals surface area contributed by atoms with E-state index in [1.54, 1.807) is 0 Å². The van der Waals surface area contributed by atoms with E-state index in [2.05, 4.69) is 20.8 Å². The molecule has 4 aliphatic carbocycles. The van der Waals surface area contributed by atoms with Crippen LogP contribution in [0.15, 0.2) is 11.6 Å². The molecule has 4 rings (SSSR count). The summed E-state index contributed by atoms with van der Waals surface area (Å²) in [4.78, 5) is 22.8. The van der Waals surface area contributed by atoms with Crippen molar-refractivity contribution in [3.63, 3.8) is 0 Å². The molecule has 7 unspecified atom stereocenters. The van der Waals surface area contributed by atoms with Gasteiger partial charge in [0.25, 0.3) is 0 Å². The molecule has 30 heavy (non-hydrogen) atoms. The van der Waals surface area contributed by atoms with Gasteiger partial charge < -0.3 is 5.11 Å². The van der Waals surface area contributed by atoms with Crippen molar-refractivity contribution < 1.29 is 14.7 Å². The molecule has 3 nitrogen and oxygen atoms in total. The zero-order chi connectivity index (χ0) is 20.8. The molecule has 0 spiro atoms. The summed E-state index contributed by atoms with van der Waals surface area (Å²) in [6, 6.07) is 0. The minimum absolute atomic E-state index is 0. The second-order valence-corrected chi connectivity index (χ2v) is 11.3. The van der Waals surface area contributed by atoms with Crippen molar-refractivity contribution in [3.05, 3.63) is 11.6 Å². The lowest BCUT2D eigenvalue weighted by Crippen LogP contribution is -2.50. The van der Waals surface area contributed by atoms with E-state index in [1.807, 2.05) is 6.08 Å². The van der Waals surface area contributed by atoms with Crippen molar-refractivity contribution in [1.29, 1.82) is 0 Å². The standard InChI is InChI=1S/C26H40O3.CH4/c1-17(6-4-5-7-24(28)29)21-10-11-22-20-9-8-18-16-19(27)12-14-25(18,2)23(20)13-15-26(21,22)3;/h16-17,20-23H,4-15H2,1-3H3,(H,28,29);1H4. The van der Waals surface area contributed by atoms with Gasteiger partial charge in [0.2, 0.25) is 0 Å². The number of hydrogen-bond donors (Lipinski definition) is 1. The fourth-order valence-electron chi connectivity index (χ4n) is 8.48. The second kappa shape index (κ2) is 8.79. The molecule has 4 aliphatic rings. The van der Waals surface area contributed by atoms with E-state index < -0.39 is 5.97 Å². The average molecular weight is 417 g/mol. The van der Waals surface area contributed by atoms with Gasteiger partial charge in [0.1, 0.15) is 0 Å². The first-order valence-electron chi connectivity index (χ1n) is 12.2. The van der Waals surface area contributed by atoms with Gasteiger partial charge in [-0.1, -0.05) is 46.6 Å². The van der Waals surface area contributed by atoms with Crippen LogP contribution in [-0.4, -0.2) is 16.9 Å². The predicted octanol–water partition coefficient (Wildman–Crippen LogP) is 7.05. The zero-order valence-corrected chi connectivity index (χ0v) is 18.7. The van der Waals surface area contributed by atoms with Gasteiger partial charge in [-0.05, 0) is 97.9 Å². The Kier molecular flexibility index (Phi) is 6.90. The monoisotopic (exact) mass is 416 g/mol. The highest BCUT2D eigenvalue weighted by Crippen LogP contribution is 2.67. The molecule has 0 amide bonds. The first-order valence-corrected chi connectivity index (χ1v) is 12.2. The maximum atomic E-state index is 12.0. The molecule has 3 saturated carbocycles. The number of carbonyl (C=O) groups excluding carboxylic acids is 1. The van der Waals surface area contributed by atoms with Crippen molar-refractivity contribution in [3.8, 4) is 0 Å². The molecule has 3 heteroatoms. The molecular weight excluding hydrogens is 372 g/mol. The van der Waals surface area contributed by atoms with Gasteiger partial charge in [0.05, 0.1) is 0 Å². The summed E-state index contributed by atoms with van der Waals surface area (Å²) >= 11 is 0. The summed E-state index contributed by atoms with van der Waals surface area (Å²) in [5.41, 5.74) is 2.22. The number of aliphatic carboxylic acids is 1. The van der Waals surface area contributed by atoms with Crippen LogP contribution in [0, 0.1) is 40.4 Å². The van der Waals surface area contributed by atoms with Crippen LogP contribution in [0.2, 0.25) is 0 Å². The van der Waals surface area contributed by atoms with Crippen molar-refractivity contribution in [2.45, 2.75) is 105 Å². The zero-order valence-electron chi connectivity index (χ0n) is 18.7. The number of carboxylic acids is 1. The van der Waals surface area contributed by atoms with E-state index in [0.717, 1.165) is 55.8 Å². The number of hydrogen-bond acceptors (Lipinski definition) is 2. The first-order chi connectivity index (χ1) is 13.8. The van der Waals surface area contributed by atoms with E-state index in [-0.39, 0.29) is 12.8 Å². The van der Waals surface area contributed by atoms with E-state index in [9.17, 15) is 9.59 Å². The number of rotatable bonds is 6. The number of ketones is 1. The normalized spacial score (nSPS) is 41.0. The molecule has 1 N–H and O–H groups in total. The molecule has 0 aromatic heterocycles. The second-order valence-electron chi connectivity index (χ2n) is 11.3. The lowest BCUT2D eigenvalue weighted by molar-refractivity contribution is -0.137. The minimum Gasteiger partial charge on any atom is -0.481 e. The van der Waals surface area contributed by atoms with E-state index in [1.165, 1.54) is 44.1 Å². The lowest BCUT2D eigenvalue weighted by Gasteiger charge is -2.58. The fraction of sp³-hybridized carbons (Fsp3) is 0.852. The van der Waals surface area contributed by atoms with Gasteiger partial charge >= 0.3 is 5.97 Å². The molecule has 170 valence electrons. The van der Waals surface area contributed by atoms with Crippen LogP contribution >= 0.6 is 0 Å². The Morgan fingerprint density at radius 2 is 1.87 bits per heavy atom. The number of unbranched alkanes of at least 4 members (excludes halogenated alkanes) is 1. The maximum Gasteiger partial charge on any atom is 0.303 e. The van der Waals surface area contributed by atoms with Crippen LogP contribution in [-0.2, 0) is 9.59 Å². The Balaban J connectivity index is 0.00000256. The highest BCUT2D eigenvalue weighted by molar-refractivity contribution is 5.91. The highest BCUT2D eigenvalue weighted by Gasteiger charge is 2.59. The van der Waals surface area contributed by atoms with Crippen LogP contribution in [0.25, 0.3) is 0 Å². The Morgan fingerprint density at radius 1 is 1.10 bits per heavy atom. The first kappa shape index (κ1) is 23.5. The van der Waals surface area contributed by atoms with Crippen LogP contribution in [0.1, 0.15) is 105 Å². The van der Waals surface area contributed by atoms with E-state index >= 15 is 0 Å². The summed E-state index contributed by atoms with van der Waals surface area (Å²) in [5, 5.41) is 8.89. The Hall–Kier alpha value is -1.12. The molecular formula is C27H44O3. The smallest absolute Gasteiger partial charge is 0.303 e. The SMILES string of the molecule is C.CC(CCCCC(=O)O)C1CCC2C3CCC4=CC(=O)CCC4(C)C3CCC12C. The van der Waals surface area contributed by atoms with Gasteiger partial charge in [0.15, 0.2) is 5.78 Å². The number of carbonyl (C=O) groups is 2. The van der Waals surface area contributed by atoms with Gasteiger partial charge in [-0.15, -0.1) is 0 Å². The Bertz CT molecular complexity index is 694. The largest absolute Gasteiger partial charge is 0.481 e. The molecule has 7 atom stereocenters. The Morgan fingerprint density at radius 3 is 2.60 bits per heavy atom. The minimum atomic E-state index is -0.660. The molecule has 3 fully saturated rings. The van der Waals surface area contributed by atoms with Crippen LogP contribution in [0.3, 0.4) is 0 Å². The van der Waals surface area contributed by atoms with Crippen molar-refractivity contribution in [2.24, 2.45) is 40.4 Å². The molecule has 0 aliphatic heterocycles. The van der Waals surface area contributed by atoms with Gasteiger partial charge in [0, 0.05) is 12.8 Å². The molecule has 0 saturated heterocycles. The summed E-state index contributed by atoms with van der Waals surface area (Å²) in [7, 11) is 0. The highest BCUT2D eigenvalue weighted by atomic mass is 16.4. The maximum absolute atomic E-state index is 12.0. The van der Waals surface area contributed by atoms with Crippen molar-refractivity contribution >= 4 is 11.8 Å². The predicted molar refractivity (Wildman–Crippen MR) is 122 cm³/mol. The van der Waals surface area contributed by atoms with Crippen LogP contribution in [0.4, 0.5) is 0 Å². The van der Waals surface area contributed by atoms with E-state index in [4.69, 9.17) is 5.11 Å². The van der Waals surface area contributed by atoms with Crippen molar-refractivity contribution in [2.75, 3.05) is 0 Å². The van der Waals surface area contributed by atoms with Crippen LogP contribution < -0.4 is 0 Å². The third-order valence-corrected chi connectivity index (χ3v) is 10.0. The van der Waals surface area contributed by atoms with Crippen LogP contribution in [0.5, 0.6) is 0 Å². The van der Waals surface area contributed by atoms with Gasteiger partial charge in [-0.25, -0.2) is 0 Å². The summed E-state index contributed by atoms with van der Waals surface area (Å²) in [6.07, 6.45) is 15.1. The summed E-state index contributed by atoms with van der Waals surface area (Å²) in [5.74, 6) is 3.67. The molecule has 0 bridgehead atoms. The van der Waals surface area contributed by atoms with E-state index in [0.29, 0.717) is 23.5 Å². The lowest BCUT2D eigenvalue weighted by atomic mass is 9.46. The number of allylic oxidation sites excluding steroid dienone is 1. The Labute approximate surface area is 184 Å². The number of carboxylic acid groups (broad SMARTS) is 1. The third kappa shape index (κ3) is 3.91.